The third-order valence-corrected chi connectivity index (χ3v) is 5.51. The second kappa shape index (κ2) is 10.7. The van der Waals surface area contributed by atoms with Crippen LogP contribution in [0.2, 0.25) is 5.02 Å². The first-order valence-corrected chi connectivity index (χ1v) is 8.90. The van der Waals surface area contributed by atoms with E-state index in [1.54, 1.807) is 0 Å². The number of rotatable bonds is 8. The Morgan fingerprint density at radius 1 is 1.14 bits per heavy atom. The van der Waals surface area contributed by atoms with E-state index in [1.807, 2.05) is 12.1 Å². The summed E-state index contributed by atoms with van der Waals surface area (Å²) in [5.74, 6) is 2.96. The van der Waals surface area contributed by atoms with Gasteiger partial charge < -0.3 is 16.9 Å². The third-order valence-electron chi connectivity index (χ3n) is 3.72. The highest BCUT2D eigenvalue weighted by atomic mass is 127. The molecule has 0 amide bonds. The molecule has 1 atom stereocenters. The maximum absolute atomic E-state index is 5.94. The van der Waals surface area contributed by atoms with E-state index in [-0.39, 0.29) is 16.5 Å². The van der Waals surface area contributed by atoms with Crippen LogP contribution >= 0.6 is 34.2 Å². The molecule has 1 rings (SSSR count). The normalized spacial score (nSPS) is 12.3. The lowest BCUT2D eigenvalue weighted by Gasteiger charge is -2.40. The summed E-state index contributed by atoms with van der Waals surface area (Å²) >= 11 is 8.37. The van der Waals surface area contributed by atoms with Gasteiger partial charge in [0.15, 0.2) is 0 Å². The Balaban J connectivity index is 0.00000400. The van der Waals surface area contributed by atoms with Crippen LogP contribution in [0.25, 0.3) is 0 Å². The Kier molecular flexibility index (Phi) is 10.7. The smallest absolute Gasteiger partial charge is 0.200 e. The summed E-state index contributed by atoms with van der Waals surface area (Å²) in [5, 5.41) is 0.798. The lowest BCUT2D eigenvalue weighted by molar-refractivity contribution is -0.927. The lowest BCUT2D eigenvalue weighted by Crippen LogP contribution is -3.00. The van der Waals surface area contributed by atoms with Gasteiger partial charge in [-0.1, -0.05) is 37.6 Å². The molecule has 0 aliphatic rings. The van der Waals surface area contributed by atoms with E-state index in [9.17, 15) is 0 Å². The molecule has 118 valence electrons. The predicted octanol–water partition coefficient (Wildman–Crippen LogP) is 1.92. The molecule has 0 aliphatic carbocycles. The van der Waals surface area contributed by atoms with E-state index in [0.717, 1.165) is 35.6 Å². The SMILES string of the molecule is C#CC(I)[N+](CCC)(CCC)CCc1ccc(Cl)cc1.[Cl-]. The van der Waals surface area contributed by atoms with Crippen LogP contribution in [0, 0.1) is 12.3 Å². The molecule has 0 radical (unpaired) electrons. The minimum absolute atomic E-state index is 0. The van der Waals surface area contributed by atoms with Crippen molar-refractivity contribution in [2.24, 2.45) is 0 Å². The van der Waals surface area contributed by atoms with E-state index < -0.39 is 0 Å². The number of alkyl halides is 1. The minimum Gasteiger partial charge on any atom is -1.00 e. The summed E-state index contributed by atoms with van der Waals surface area (Å²) in [6.07, 6.45) is 9.11. The molecule has 21 heavy (non-hydrogen) atoms. The number of benzene rings is 1. The average Bonchev–Trinajstić information content (AvgIpc) is 2.46. The molecule has 0 saturated heterocycles. The fraction of sp³-hybridized carbons (Fsp3) is 0.529. The van der Waals surface area contributed by atoms with Crippen LogP contribution < -0.4 is 12.4 Å². The number of halogens is 3. The first kappa shape index (κ1) is 21.0. The molecule has 1 aromatic rings. The topological polar surface area (TPSA) is 0 Å². The van der Waals surface area contributed by atoms with Crippen molar-refractivity contribution in [3.8, 4) is 12.3 Å². The number of terminal acetylenes is 1. The Bertz CT molecular complexity index is 433. The molecule has 0 aromatic heterocycles. The van der Waals surface area contributed by atoms with Gasteiger partial charge in [0.2, 0.25) is 4.05 Å². The van der Waals surface area contributed by atoms with Crippen molar-refractivity contribution in [1.82, 2.24) is 0 Å². The second-order valence-electron chi connectivity index (χ2n) is 5.27. The standard InChI is InChI=1S/C17H24ClIN.ClH/c1-4-12-20(13-5-2,17(19)6-3)14-11-15-7-9-16(18)10-8-15;/h3,7-10,17H,4-5,11-14H2,1-2H3;1H/q+1;/p-1. The van der Waals surface area contributed by atoms with Gasteiger partial charge in [-0.25, -0.2) is 0 Å². The van der Waals surface area contributed by atoms with Crippen molar-refractivity contribution >= 4 is 34.2 Å². The van der Waals surface area contributed by atoms with Crippen LogP contribution in [0.5, 0.6) is 0 Å². The lowest BCUT2D eigenvalue weighted by atomic mass is 10.1. The number of hydrogen-bond acceptors (Lipinski definition) is 0. The fourth-order valence-electron chi connectivity index (χ4n) is 2.73. The summed E-state index contributed by atoms with van der Waals surface area (Å²) in [7, 11) is 0. The minimum atomic E-state index is 0. The Morgan fingerprint density at radius 3 is 2.10 bits per heavy atom. The molecule has 0 aliphatic heterocycles. The van der Waals surface area contributed by atoms with Gasteiger partial charge in [0.1, 0.15) is 0 Å². The quantitative estimate of drug-likeness (QED) is 0.191. The molecule has 0 saturated carbocycles. The maximum atomic E-state index is 5.94. The first-order valence-electron chi connectivity index (χ1n) is 7.28. The van der Waals surface area contributed by atoms with Gasteiger partial charge in [-0.3, -0.25) is 0 Å². The molecular weight excluding hydrogens is 416 g/mol. The highest BCUT2D eigenvalue weighted by Gasteiger charge is 2.32. The van der Waals surface area contributed by atoms with E-state index in [4.69, 9.17) is 18.0 Å². The Hall–Kier alpha value is 0.0500. The van der Waals surface area contributed by atoms with Gasteiger partial charge in [0, 0.05) is 34.0 Å². The van der Waals surface area contributed by atoms with Crippen molar-refractivity contribution in [3.05, 3.63) is 34.9 Å². The summed E-state index contributed by atoms with van der Waals surface area (Å²) in [4.78, 5) is 0. The fourth-order valence-corrected chi connectivity index (χ4v) is 3.69. The van der Waals surface area contributed by atoms with Gasteiger partial charge in [0.05, 0.1) is 19.6 Å². The summed E-state index contributed by atoms with van der Waals surface area (Å²) in [6.45, 7) is 7.88. The summed E-state index contributed by atoms with van der Waals surface area (Å²) < 4.78 is 1.27. The van der Waals surface area contributed by atoms with Crippen LogP contribution in [0.4, 0.5) is 0 Å². The number of nitrogens with zero attached hydrogens (tertiary/aromatic N) is 1. The van der Waals surface area contributed by atoms with Crippen molar-refractivity contribution in [1.29, 1.82) is 0 Å². The van der Waals surface area contributed by atoms with Crippen LogP contribution in [-0.4, -0.2) is 28.2 Å². The molecule has 1 aromatic carbocycles. The van der Waals surface area contributed by atoms with Gasteiger partial charge in [0.25, 0.3) is 0 Å². The van der Waals surface area contributed by atoms with Crippen molar-refractivity contribution in [3.63, 3.8) is 0 Å². The first-order chi connectivity index (χ1) is 9.57. The van der Waals surface area contributed by atoms with Gasteiger partial charge in [-0.2, -0.15) is 0 Å². The molecule has 0 N–H and O–H groups in total. The molecule has 0 fully saturated rings. The Labute approximate surface area is 154 Å². The summed E-state index contributed by atoms with van der Waals surface area (Å²) in [6, 6.07) is 8.17. The molecule has 0 heterocycles. The maximum Gasteiger partial charge on any atom is 0.200 e. The van der Waals surface area contributed by atoms with Crippen molar-refractivity contribution < 1.29 is 16.9 Å². The molecular formula is C17H24Cl2IN. The summed E-state index contributed by atoms with van der Waals surface area (Å²) in [5.41, 5.74) is 1.34. The molecule has 4 heteroatoms. The molecule has 1 unspecified atom stereocenters. The number of hydrogen-bond donors (Lipinski definition) is 0. The van der Waals surface area contributed by atoms with Gasteiger partial charge in [-0.05, 0) is 36.5 Å². The monoisotopic (exact) mass is 439 g/mol. The molecule has 0 spiro atoms. The van der Waals surface area contributed by atoms with Crippen LogP contribution in [0.15, 0.2) is 24.3 Å². The van der Waals surface area contributed by atoms with Crippen molar-refractivity contribution in [2.45, 2.75) is 37.2 Å². The van der Waals surface area contributed by atoms with Crippen molar-refractivity contribution in [2.75, 3.05) is 19.6 Å². The van der Waals surface area contributed by atoms with Crippen LogP contribution in [0.1, 0.15) is 32.3 Å². The van der Waals surface area contributed by atoms with Gasteiger partial charge in [-0.15, -0.1) is 6.42 Å². The molecule has 1 nitrogen and oxygen atoms in total. The Morgan fingerprint density at radius 2 is 1.67 bits per heavy atom. The van der Waals surface area contributed by atoms with E-state index >= 15 is 0 Å². The highest BCUT2D eigenvalue weighted by molar-refractivity contribution is 14.1. The zero-order valence-corrected chi connectivity index (χ0v) is 16.5. The predicted molar refractivity (Wildman–Crippen MR) is 97.2 cm³/mol. The van der Waals surface area contributed by atoms with Crippen LogP contribution in [0.3, 0.4) is 0 Å². The van der Waals surface area contributed by atoms with Crippen LogP contribution in [-0.2, 0) is 6.42 Å². The zero-order valence-electron chi connectivity index (χ0n) is 12.8. The third kappa shape index (κ3) is 6.36. The second-order valence-corrected chi connectivity index (χ2v) is 6.88. The average molecular weight is 440 g/mol. The molecule has 0 bridgehead atoms. The van der Waals surface area contributed by atoms with E-state index in [1.165, 1.54) is 18.4 Å². The number of quaternary nitrogens is 1. The highest BCUT2D eigenvalue weighted by Crippen LogP contribution is 2.23. The largest absolute Gasteiger partial charge is 1.00 e. The zero-order chi connectivity index (χ0) is 15.0. The van der Waals surface area contributed by atoms with E-state index in [2.05, 4.69) is 54.5 Å². The van der Waals surface area contributed by atoms with Gasteiger partial charge >= 0.3 is 0 Å². The van der Waals surface area contributed by atoms with E-state index in [0.29, 0.717) is 0 Å².